The summed E-state index contributed by atoms with van der Waals surface area (Å²) in [6.07, 6.45) is 4.12. The molecule has 0 unspecified atom stereocenters. The third kappa shape index (κ3) is 4.46. The summed E-state index contributed by atoms with van der Waals surface area (Å²) in [6.45, 7) is 3.30. The summed E-state index contributed by atoms with van der Waals surface area (Å²) in [4.78, 5) is 2.18. The average Bonchev–Trinajstić information content (AvgIpc) is 2.61. The lowest BCUT2D eigenvalue weighted by molar-refractivity contribution is 0.127. The number of aryl methyl sites for hydroxylation is 1. The lowest BCUT2D eigenvalue weighted by atomic mass is 10.3. The van der Waals surface area contributed by atoms with Crippen molar-refractivity contribution in [3.63, 3.8) is 0 Å². The predicted molar refractivity (Wildman–Crippen MR) is 59.7 cm³/mol. The standard InChI is InChI=1S/C11H20N2O2/c1-12-4-3-11(9-12)10-13(5-7-14)6-8-15-2/h3-4,9,14H,5-8,10H2,1-2H3. The second-order valence-corrected chi connectivity index (χ2v) is 3.68. The van der Waals surface area contributed by atoms with Gasteiger partial charge in [-0.15, -0.1) is 0 Å². The molecule has 0 aliphatic heterocycles. The highest BCUT2D eigenvalue weighted by molar-refractivity contribution is 5.09. The van der Waals surface area contributed by atoms with Crippen molar-refractivity contribution in [3.8, 4) is 0 Å². The van der Waals surface area contributed by atoms with E-state index in [1.165, 1.54) is 5.56 Å². The van der Waals surface area contributed by atoms with Gasteiger partial charge in [-0.1, -0.05) is 0 Å². The van der Waals surface area contributed by atoms with Crippen LogP contribution in [0.1, 0.15) is 5.56 Å². The van der Waals surface area contributed by atoms with Crippen molar-refractivity contribution in [2.45, 2.75) is 6.54 Å². The highest BCUT2D eigenvalue weighted by Crippen LogP contribution is 2.04. The van der Waals surface area contributed by atoms with Gasteiger partial charge in [0.2, 0.25) is 0 Å². The maximum absolute atomic E-state index is 8.93. The first-order valence-corrected chi connectivity index (χ1v) is 5.19. The van der Waals surface area contributed by atoms with E-state index >= 15 is 0 Å². The average molecular weight is 212 g/mol. The molecule has 15 heavy (non-hydrogen) atoms. The van der Waals surface area contributed by atoms with Gasteiger partial charge in [-0.25, -0.2) is 0 Å². The van der Waals surface area contributed by atoms with E-state index in [9.17, 15) is 0 Å². The molecule has 1 N–H and O–H groups in total. The number of hydrogen-bond donors (Lipinski definition) is 1. The van der Waals surface area contributed by atoms with Crippen molar-refractivity contribution in [1.82, 2.24) is 9.47 Å². The number of hydrogen-bond acceptors (Lipinski definition) is 3. The lowest BCUT2D eigenvalue weighted by Crippen LogP contribution is -2.29. The molecule has 0 aromatic carbocycles. The molecule has 1 heterocycles. The number of rotatable bonds is 7. The van der Waals surface area contributed by atoms with E-state index in [-0.39, 0.29) is 6.61 Å². The zero-order chi connectivity index (χ0) is 11.1. The van der Waals surface area contributed by atoms with E-state index in [0.29, 0.717) is 13.2 Å². The van der Waals surface area contributed by atoms with Gasteiger partial charge in [0.25, 0.3) is 0 Å². The summed E-state index contributed by atoms with van der Waals surface area (Å²) >= 11 is 0. The number of aliphatic hydroxyl groups excluding tert-OH is 1. The number of methoxy groups -OCH3 is 1. The summed E-state index contributed by atoms with van der Waals surface area (Å²) in [7, 11) is 3.70. The number of ether oxygens (including phenoxy) is 1. The lowest BCUT2D eigenvalue weighted by Gasteiger charge is -2.20. The van der Waals surface area contributed by atoms with Crippen molar-refractivity contribution in [2.75, 3.05) is 33.4 Å². The Morgan fingerprint density at radius 2 is 2.27 bits per heavy atom. The highest BCUT2D eigenvalue weighted by atomic mass is 16.5. The Balaban J connectivity index is 2.42. The highest BCUT2D eigenvalue weighted by Gasteiger charge is 2.05. The molecule has 0 saturated heterocycles. The SMILES string of the molecule is COCCN(CCO)Cc1ccn(C)c1. The Hall–Kier alpha value is -0.840. The fourth-order valence-electron chi connectivity index (χ4n) is 1.54. The number of aromatic nitrogens is 1. The Bertz CT molecular complexity index is 273. The van der Waals surface area contributed by atoms with Crippen LogP contribution < -0.4 is 0 Å². The zero-order valence-corrected chi connectivity index (χ0v) is 9.52. The van der Waals surface area contributed by atoms with Gasteiger partial charge in [-0.3, -0.25) is 4.90 Å². The topological polar surface area (TPSA) is 37.6 Å². The first-order valence-electron chi connectivity index (χ1n) is 5.19. The Labute approximate surface area is 91.1 Å². The minimum Gasteiger partial charge on any atom is -0.395 e. The van der Waals surface area contributed by atoms with Crippen molar-refractivity contribution in [1.29, 1.82) is 0 Å². The van der Waals surface area contributed by atoms with Crippen LogP contribution in [0, 0.1) is 0 Å². The second kappa shape index (κ2) is 6.61. The molecule has 0 aliphatic carbocycles. The molecule has 0 radical (unpaired) electrons. The van der Waals surface area contributed by atoms with Gasteiger partial charge in [-0.05, 0) is 11.6 Å². The second-order valence-electron chi connectivity index (χ2n) is 3.68. The van der Waals surface area contributed by atoms with Gasteiger partial charge in [0.1, 0.15) is 0 Å². The molecule has 0 aliphatic rings. The normalized spacial score (nSPS) is 11.2. The first kappa shape index (κ1) is 12.2. The summed E-state index contributed by atoms with van der Waals surface area (Å²) in [5.41, 5.74) is 1.27. The van der Waals surface area contributed by atoms with E-state index < -0.39 is 0 Å². The van der Waals surface area contributed by atoms with Gasteiger partial charge in [0.05, 0.1) is 13.2 Å². The molecule has 1 rings (SSSR count). The minimum absolute atomic E-state index is 0.191. The van der Waals surface area contributed by atoms with Crippen LogP contribution in [0.5, 0.6) is 0 Å². The van der Waals surface area contributed by atoms with Crippen LogP contribution >= 0.6 is 0 Å². The van der Waals surface area contributed by atoms with E-state index in [1.807, 2.05) is 17.8 Å². The molecule has 1 aromatic heterocycles. The number of nitrogens with zero attached hydrogens (tertiary/aromatic N) is 2. The van der Waals surface area contributed by atoms with Gasteiger partial charge in [0, 0.05) is 46.2 Å². The van der Waals surface area contributed by atoms with E-state index in [4.69, 9.17) is 9.84 Å². The van der Waals surface area contributed by atoms with E-state index in [2.05, 4.69) is 17.2 Å². The van der Waals surface area contributed by atoms with Crippen molar-refractivity contribution in [2.24, 2.45) is 7.05 Å². The summed E-state index contributed by atoms with van der Waals surface area (Å²) < 4.78 is 7.06. The Kier molecular flexibility index (Phi) is 5.39. The van der Waals surface area contributed by atoms with Crippen molar-refractivity contribution in [3.05, 3.63) is 24.0 Å². The quantitative estimate of drug-likeness (QED) is 0.714. The minimum atomic E-state index is 0.191. The molecule has 4 nitrogen and oxygen atoms in total. The maximum atomic E-state index is 8.93. The smallest absolute Gasteiger partial charge is 0.0589 e. The van der Waals surface area contributed by atoms with Crippen LogP contribution in [0.25, 0.3) is 0 Å². The molecular formula is C11H20N2O2. The Morgan fingerprint density at radius 1 is 1.47 bits per heavy atom. The molecule has 1 aromatic rings. The molecule has 86 valence electrons. The van der Waals surface area contributed by atoms with Crippen LogP contribution in [0.4, 0.5) is 0 Å². The fourth-order valence-corrected chi connectivity index (χ4v) is 1.54. The molecule has 4 heteroatoms. The van der Waals surface area contributed by atoms with Crippen molar-refractivity contribution < 1.29 is 9.84 Å². The first-order chi connectivity index (χ1) is 7.26. The fraction of sp³-hybridized carbons (Fsp3) is 0.636. The van der Waals surface area contributed by atoms with Gasteiger partial charge < -0.3 is 14.4 Å². The Morgan fingerprint density at radius 3 is 2.80 bits per heavy atom. The number of aliphatic hydroxyl groups is 1. The van der Waals surface area contributed by atoms with Crippen LogP contribution in [-0.4, -0.2) is 48.0 Å². The largest absolute Gasteiger partial charge is 0.395 e. The maximum Gasteiger partial charge on any atom is 0.0589 e. The molecule has 0 saturated carbocycles. The van der Waals surface area contributed by atoms with Gasteiger partial charge in [0.15, 0.2) is 0 Å². The molecule has 0 fully saturated rings. The van der Waals surface area contributed by atoms with E-state index in [0.717, 1.165) is 13.1 Å². The predicted octanol–water partition coefficient (Wildman–Crippen LogP) is 0.466. The van der Waals surface area contributed by atoms with E-state index in [1.54, 1.807) is 7.11 Å². The van der Waals surface area contributed by atoms with Gasteiger partial charge in [-0.2, -0.15) is 0 Å². The zero-order valence-electron chi connectivity index (χ0n) is 9.52. The van der Waals surface area contributed by atoms with Crippen LogP contribution in [0.15, 0.2) is 18.5 Å². The monoisotopic (exact) mass is 212 g/mol. The molecular weight excluding hydrogens is 192 g/mol. The van der Waals surface area contributed by atoms with Crippen LogP contribution in [-0.2, 0) is 18.3 Å². The molecule has 0 bridgehead atoms. The van der Waals surface area contributed by atoms with Gasteiger partial charge >= 0.3 is 0 Å². The summed E-state index contributed by atoms with van der Waals surface area (Å²) in [6, 6.07) is 2.09. The summed E-state index contributed by atoms with van der Waals surface area (Å²) in [5.74, 6) is 0. The molecule has 0 atom stereocenters. The summed E-state index contributed by atoms with van der Waals surface area (Å²) in [5, 5.41) is 8.93. The van der Waals surface area contributed by atoms with Crippen LogP contribution in [0.3, 0.4) is 0 Å². The third-order valence-corrected chi connectivity index (χ3v) is 2.33. The van der Waals surface area contributed by atoms with Crippen LogP contribution in [0.2, 0.25) is 0 Å². The van der Waals surface area contributed by atoms with Crippen molar-refractivity contribution >= 4 is 0 Å². The third-order valence-electron chi connectivity index (χ3n) is 2.33. The molecule has 0 amide bonds. The molecule has 0 spiro atoms.